The van der Waals surface area contributed by atoms with Crippen molar-refractivity contribution in [2.24, 2.45) is 0 Å². The van der Waals surface area contributed by atoms with Crippen LogP contribution in [0.5, 0.6) is 0 Å². The van der Waals surface area contributed by atoms with Crippen molar-refractivity contribution in [1.82, 2.24) is 19.5 Å². The number of rotatable bonds is 3. The third-order valence-corrected chi connectivity index (χ3v) is 4.33. The zero-order chi connectivity index (χ0) is 15.1. The van der Waals surface area contributed by atoms with Crippen LogP contribution in [0.2, 0.25) is 0 Å². The highest BCUT2D eigenvalue weighted by Gasteiger charge is 2.14. The number of imidazole rings is 1. The van der Waals surface area contributed by atoms with Gasteiger partial charge in [-0.25, -0.2) is 4.98 Å². The number of thiophene rings is 1. The molecule has 0 atom stereocenters. The molecular weight excluding hydrogens is 294 g/mol. The molecule has 9 heteroatoms. The monoisotopic (exact) mass is 305 g/mol. The Morgan fingerprint density at radius 2 is 2.24 bits per heavy atom. The van der Waals surface area contributed by atoms with Crippen LogP contribution in [0.1, 0.15) is 16.3 Å². The molecule has 8 nitrogen and oxygen atoms in total. The normalized spacial score (nSPS) is 11.1. The van der Waals surface area contributed by atoms with Gasteiger partial charge in [-0.3, -0.25) is 4.79 Å². The average molecular weight is 305 g/mol. The van der Waals surface area contributed by atoms with Crippen molar-refractivity contribution < 1.29 is 4.92 Å². The van der Waals surface area contributed by atoms with Crippen molar-refractivity contribution in [3.05, 3.63) is 49.3 Å². The largest absolute Gasteiger partial charge is 0.381 e. The molecule has 0 saturated carbocycles. The standard InChI is InChI=1S/C12H11N5O3S/c1-6-7(2)21-12-10(6)11(18)14-8(15-12)3-16-4-9(13-5-16)17(19)20/h4-5H,3H2,1-2H3,(H,14,15,18). The Bertz CT molecular complexity index is 907. The van der Waals surface area contributed by atoms with Crippen molar-refractivity contribution in [2.75, 3.05) is 0 Å². The van der Waals surface area contributed by atoms with Crippen molar-refractivity contribution in [1.29, 1.82) is 0 Å². The van der Waals surface area contributed by atoms with Crippen LogP contribution in [0.25, 0.3) is 10.2 Å². The lowest BCUT2D eigenvalue weighted by molar-refractivity contribution is -0.389. The Kier molecular flexibility index (Phi) is 3.05. The van der Waals surface area contributed by atoms with Crippen LogP contribution in [-0.2, 0) is 6.54 Å². The Morgan fingerprint density at radius 3 is 2.90 bits per heavy atom. The lowest BCUT2D eigenvalue weighted by Gasteiger charge is -2.00. The summed E-state index contributed by atoms with van der Waals surface area (Å²) >= 11 is 1.46. The summed E-state index contributed by atoms with van der Waals surface area (Å²) in [5, 5.41) is 11.2. The summed E-state index contributed by atoms with van der Waals surface area (Å²) in [6, 6.07) is 0. The van der Waals surface area contributed by atoms with E-state index in [1.807, 2.05) is 13.8 Å². The highest BCUT2D eigenvalue weighted by atomic mass is 32.1. The quantitative estimate of drug-likeness (QED) is 0.586. The van der Waals surface area contributed by atoms with E-state index in [2.05, 4.69) is 15.0 Å². The van der Waals surface area contributed by atoms with Crippen LogP contribution in [0, 0.1) is 24.0 Å². The highest BCUT2D eigenvalue weighted by Crippen LogP contribution is 2.25. The lowest BCUT2D eigenvalue weighted by Crippen LogP contribution is -2.13. The molecule has 0 unspecified atom stereocenters. The summed E-state index contributed by atoms with van der Waals surface area (Å²) < 4.78 is 1.51. The van der Waals surface area contributed by atoms with Gasteiger partial charge in [0.2, 0.25) is 6.33 Å². The molecule has 0 saturated heterocycles. The fraction of sp³-hybridized carbons (Fsp3) is 0.250. The average Bonchev–Trinajstić information content (AvgIpc) is 2.96. The molecule has 0 radical (unpaired) electrons. The van der Waals surface area contributed by atoms with E-state index in [-0.39, 0.29) is 17.9 Å². The summed E-state index contributed by atoms with van der Waals surface area (Å²) in [6.07, 6.45) is 2.64. The van der Waals surface area contributed by atoms with E-state index in [0.717, 1.165) is 10.4 Å². The van der Waals surface area contributed by atoms with E-state index in [1.54, 1.807) is 0 Å². The molecule has 0 amide bonds. The first-order valence-corrected chi connectivity index (χ1v) is 6.92. The molecule has 3 rings (SSSR count). The first-order chi connectivity index (χ1) is 9.95. The number of H-pyrrole nitrogens is 1. The minimum Gasteiger partial charge on any atom is -0.358 e. The van der Waals surface area contributed by atoms with Crippen molar-refractivity contribution in [2.45, 2.75) is 20.4 Å². The summed E-state index contributed by atoms with van der Waals surface area (Å²) in [5.41, 5.74) is 0.750. The molecule has 1 N–H and O–H groups in total. The number of aromatic amines is 1. The minimum absolute atomic E-state index is 0.188. The zero-order valence-electron chi connectivity index (χ0n) is 11.3. The van der Waals surface area contributed by atoms with E-state index < -0.39 is 4.92 Å². The van der Waals surface area contributed by atoms with Gasteiger partial charge in [-0.2, -0.15) is 0 Å². The van der Waals surface area contributed by atoms with Gasteiger partial charge >= 0.3 is 5.82 Å². The summed E-state index contributed by atoms with van der Waals surface area (Å²) in [5.74, 6) is 0.210. The minimum atomic E-state index is -0.568. The molecule has 108 valence electrons. The van der Waals surface area contributed by atoms with Crippen LogP contribution < -0.4 is 5.56 Å². The van der Waals surface area contributed by atoms with Gasteiger partial charge in [0.15, 0.2) is 0 Å². The number of nitro groups is 1. The molecule has 0 aliphatic carbocycles. The zero-order valence-corrected chi connectivity index (χ0v) is 12.1. The van der Waals surface area contributed by atoms with E-state index >= 15 is 0 Å². The van der Waals surface area contributed by atoms with Gasteiger partial charge < -0.3 is 19.7 Å². The Balaban J connectivity index is 2.01. The predicted molar refractivity (Wildman–Crippen MR) is 77.7 cm³/mol. The van der Waals surface area contributed by atoms with Crippen LogP contribution in [0.4, 0.5) is 5.82 Å². The smallest absolute Gasteiger partial charge is 0.358 e. The molecule has 21 heavy (non-hydrogen) atoms. The van der Waals surface area contributed by atoms with Gasteiger partial charge in [-0.05, 0) is 29.3 Å². The second kappa shape index (κ2) is 4.77. The topological polar surface area (TPSA) is 107 Å². The van der Waals surface area contributed by atoms with Crippen LogP contribution >= 0.6 is 11.3 Å². The first kappa shape index (κ1) is 13.4. The number of nitrogens with zero attached hydrogens (tertiary/aromatic N) is 4. The third-order valence-electron chi connectivity index (χ3n) is 3.23. The van der Waals surface area contributed by atoms with Gasteiger partial charge in [-0.1, -0.05) is 0 Å². The number of hydrogen-bond acceptors (Lipinski definition) is 6. The van der Waals surface area contributed by atoms with Gasteiger partial charge in [0, 0.05) is 4.88 Å². The summed E-state index contributed by atoms with van der Waals surface area (Å²) in [7, 11) is 0. The molecule has 3 aromatic heterocycles. The van der Waals surface area contributed by atoms with Gasteiger partial charge in [-0.15, -0.1) is 11.3 Å². The summed E-state index contributed by atoms with van der Waals surface area (Å²) in [6.45, 7) is 4.06. The Morgan fingerprint density at radius 1 is 1.48 bits per heavy atom. The summed E-state index contributed by atoms with van der Waals surface area (Å²) in [4.78, 5) is 34.7. The van der Waals surface area contributed by atoms with Crippen LogP contribution in [0.3, 0.4) is 0 Å². The Labute approximate surface area is 122 Å². The van der Waals surface area contributed by atoms with Crippen LogP contribution in [-0.4, -0.2) is 24.4 Å². The van der Waals surface area contributed by atoms with Crippen LogP contribution in [0.15, 0.2) is 17.3 Å². The molecule has 0 aromatic carbocycles. The maximum Gasteiger partial charge on any atom is 0.381 e. The van der Waals surface area contributed by atoms with Crippen molar-refractivity contribution in [3.8, 4) is 0 Å². The number of nitrogens with one attached hydrogen (secondary N) is 1. The second-order valence-corrected chi connectivity index (χ2v) is 5.84. The van der Waals surface area contributed by atoms with Crippen molar-refractivity contribution >= 4 is 27.4 Å². The highest BCUT2D eigenvalue weighted by molar-refractivity contribution is 7.18. The first-order valence-electron chi connectivity index (χ1n) is 6.11. The van der Waals surface area contributed by atoms with E-state index in [0.29, 0.717) is 16.0 Å². The number of hydrogen-bond donors (Lipinski definition) is 1. The van der Waals surface area contributed by atoms with Gasteiger partial charge in [0.05, 0.1) is 11.9 Å². The fourth-order valence-corrected chi connectivity index (χ4v) is 3.12. The maximum absolute atomic E-state index is 12.1. The van der Waals surface area contributed by atoms with E-state index in [4.69, 9.17) is 0 Å². The molecule has 0 bridgehead atoms. The SMILES string of the molecule is Cc1sc2nc(Cn3cnc([N+](=O)[O-])c3)[nH]c(=O)c2c1C. The molecule has 0 fully saturated rings. The van der Waals surface area contributed by atoms with Gasteiger partial charge in [0.25, 0.3) is 5.56 Å². The molecule has 3 heterocycles. The fourth-order valence-electron chi connectivity index (χ4n) is 2.08. The predicted octanol–water partition coefficient (Wildman–Crippen LogP) is 1.75. The number of aryl methyl sites for hydroxylation is 2. The van der Waals surface area contributed by atoms with E-state index in [1.165, 1.54) is 28.4 Å². The second-order valence-electron chi connectivity index (χ2n) is 4.64. The Hall–Kier alpha value is -2.55. The number of fused-ring (bicyclic) bond motifs is 1. The number of aromatic nitrogens is 4. The molecular formula is C12H11N5O3S. The molecule has 3 aromatic rings. The lowest BCUT2D eigenvalue weighted by atomic mass is 10.2. The van der Waals surface area contributed by atoms with Crippen molar-refractivity contribution in [3.63, 3.8) is 0 Å². The van der Waals surface area contributed by atoms with E-state index in [9.17, 15) is 14.9 Å². The third kappa shape index (κ3) is 2.31. The van der Waals surface area contributed by atoms with Gasteiger partial charge in [0.1, 0.15) is 16.9 Å². The molecule has 0 aliphatic heterocycles. The molecule has 0 spiro atoms. The maximum atomic E-state index is 12.1. The molecule has 0 aliphatic rings.